The molecule has 3 rings (SSSR count). The van der Waals surface area contributed by atoms with Crippen molar-refractivity contribution in [1.82, 2.24) is 20.2 Å². The fourth-order valence-corrected chi connectivity index (χ4v) is 2.62. The second-order valence-electron chi connectivity index (χ2n) is 5.96. The fourth-order valence-electron chi connectivity index (χ4n) is 2.62. The Hall–Kier alpha value is -3.15. The first-order valence-electron chi connectivity index (χ1n) is 8.45. The SMILES string of the molecule is CN=C(NCc1ccc(F)cc1)NCc1cccc(Cn2ccnc2)c1. The molecule has 26 heavy (non-hydrogen) atoms. The summed E-state index contributed by atoms with van der Waals surface area (Å²) >= 11 is 0. The summed E-state index contributed by atoms with van der Waals surface area (Å²) in [5, 5.41) is 6.53. The smallest absolute Gasteiger partial charge is 0.191 e. The quantitative estimate of drug-likeness (QED) is 0.530. The molecular weight excluding hydrogens is 329 g/mol. The lowest BCUT2D eigenvalue weighted by atomic mass is 10.1. The van der Waals surface area contributed by atoms with E-state index in [4.69, 9.17) is 0 Å². The van der Waals surface area contributed by atoms with Crippen LogP contribution in [0.15, 0.2) is 72.2 Å². The average molecular weight is 351 g/mol. The van der Waals surface area contributed by atoms with Gasteiger partial charge in [0, 0.05) is 39.1 Å². The van der Waals surface area contributed by atoms with Crippen LogP contribution in [0, 0.1) is 5.82 Å². The van der Waals surface area contributed by atoms with Crippen LogP contribution in [0.1, 0.15) is 16.7 Å². The molecule has 5 nitrogen and oxygen atoms in total. The van der Waals surface area contributed by atoms with Crippen molar-refractivity contribution in [3.63, 3.8) is 0 Å². The Morgan fingerprint density at radius 1 is 1.04 bits per heavy atom. The predicted molar refractivity (Wildman–Crippen MR) is 101 cm³/mol. The molecular formula is C20H22FN5. The Bertz CT molecular complexity index is 841. The zero-order chi connectivity index (χ0) is 18.2. The van der Waals surface area contributed by atoms with Gasteiger partial charge < -0.3 is 15.2 Å². The van der Waals surface area contributed by atoms with Gasteiger partial charge in [0.1, 0.15) is 5.82 Å². The average Bonchev–Trinajstić information content (AvgIpc) is 3.16. The van der Waals surface area contributed by atoms with E-state index in [1.54, 1.807) is 25.4 Å². The first-order valence-corrected chi connectivity index (χ1v) is 8.45. The number of hydrogen-bond acceptors (Lipinski definition) is 2. The lowest BCUT2D eigenvalue weighted by Gasteiger charge is -2.13. The highest BCUT2D eigenvalue weighted by Crippen LogP contribution is 2.07. The van der Waals surface area contributed by atoms with Crippen molar-refractivity contribution >= 4 is 5.96 Å². The number of halogens is 1. The van der Waals surface area contributed by atoms with E-state index in [0.29, 0.717) is 19.0 Å². The van der Waals surface area contributed by atoms with E-state index in [0.717, 1.165) is 12.1 Å². The molecule has 0 fully saturated rings. The summed E-state index contributed by atoms with van der Waals surface area (Å²) in [7, 11) is 1.73. The number of benzene rings is 2. The Morgan fingerprint density at radius 2 is 1.77 bits per heavy atom. The molecule has 0 aliphatic carbocycles. The summed E-state index contributed by atoms with van der Waals surface area (Å²) < 4.78 is 15.0. The standard InChI is InChI=1S/C20H22FN5/c1-22-20(24-12-16-5-7-19(21)8-6-16)25-13-17-3-2-4-18(11-17)14-26-10-9-23-15-26/h2-11,15H,12-14H2,1H3,(H2,22,24,25). The summed E-state index contributed by atoms with van der Waals surface area (Å²) in [5.74, 6) is 0.473. The highest BCUT2D eigenvalue weighted by Gasteiger charge is 2.01. The topological polar surface area (TPSA) is 54.2 Å². The third-order valence-electron chi connectivity index (χ3n) is 3.97. The zero-order valence-corrected chi connectivity index (χ0v) is 14.7. The Morgan fingerprint density at radius 3 is 2.46 bits per heavy atom. The maximum Gasteiger partial charge on any atom is 0.191 e. The number of aromatic nitrogens is 2. The van der Waals surface area contributed by atoms with E-state index in [-0.39, 0.29) is 5.82 Å². The highest BCUT2D eigenvalue weighted by molar-refractivity contribution is 5.79. The van der Waals surface area contributed by atoms with E-state index in [1.165, 1.54) is 23.3 Å². The summed E-state index contributed by atoms with van der Waals surface area (Å²) in [6, 6.07) is 14.8. The molecule has 0 amide bonds. The maximum atomic E-state index is 13.0. The van der Waals surface area contributed by atoms with Gasteiger partial charge in [0.05, 0.1) is 6.33 Å². The minimum atomic E-state index is -0.230. The second kappa shape index (κ2) is 8.80. The summed E-state index contributed by atoms with van der Waals surface area (Å²) in [6.45, 7) is 2.05. The van der Waals surface area contributed by atoms with Crippen LogP contribution in [0.2, 0.25) is 0 Å². The van der Waals surface area contributed by atoms with Crippen molar-refractivity contribution < 1.29 is 4.39 Å². The number of nitrogens with one attached hydrogen (secondary N) is 2. The molecule has 2 N–H and O–H groups in total. The number of imidazole rings is 1. The van der Waals surface area contributed by atoms with Gasteiger partial charge >= 0.3 is 0 Å². The Kier molecular flexibility index (Phi) is 5.98. The fraction of sp³-hybridized carbons (Fsp3) is 0.200. The van der Waals surface area contributed by atoms with Crippen molar-refractivity contribution in [2.75, 3.05) is 7.05 Å². The van der Waals surface area contributed by atoms with Crippen molar-refractivity contribution in [2.45, 2.75) is 19.6 Å². The second-order valence-corrected chi connectivity index (χ2v) is 5.96. The van der Waals surface area contributed by atoms with Gasteiger partial charge in [-0.15, -0.1) is 0 Å². The predicted octanol–water partition coefficient (Wildman–Crippen LogP) is 2.94. The maximum absolute atomic E-state index is 13.0. The molecule has 1 heterocycles. The normalized spacial score (nSPS) is 11.4. The van der Waals surface area contributed by atoms with Gasteiger partial charge in [-0.25, -0.2) is 9.37 Å². The third kappa shape index (κ3) is 5.17. The largest absolute Gasteiger partial charge is 0.352 e. The molecule has 0 spiro atoms. The monoisotopic (exact) mass is 351 g/mol. The van der Waals surface area contributed by atoms with Crippen LogP contribution in [-0.4, -0.2) is 22.6 Å². The van der Waals surface area contributed by atoms with Gasteiger partial charge in [-0.05, 0) is 28.8 Å². The van der Waals surface area contributed by atoms with Crippen molar-refractivity contribution in [3.05, 3.63) is 89.8 Å². The van der Waals surface area contributed by atoms with E-state index in [9.17, 15) is 4.39 Å². The van der Waals surface area contributed by atoms with Crippen LogP contribution in [0.4, 0.5) is 4.39 Å². The number of hydrogen-bond donors (Lipinski definition) is 2. The molecule has 134 valence electrons. The molecule has 0 saturated heterocycles. The van der Waals surface area contributed by atoms with E-state index in [1.807, 2.05) is 17.1 Å². The first kappa shape index (κ1) is 17.7. The first-order chi connectivity index (χ1) is 12.7. The molecule has 0 aliphatic rings. The molecule has 0 radical (unpaired) electrons. The summed E-state index contributed by atoms with van der Waals surface area (Å²) in [5.41, 5.74) is 3.39. The van der Waals surface area contributed by atoms with Gasteiger partial charge in [-0.1, -0.05) is 36.4 Å². The Labute approximate surface area is 152 Å². The van der Waals surface area contributed by atoms with Crippen LogP contribution in [0.5, 0.6) is 0 Å². The molecule has 0 atom stereocenters. The number of aliphatic imine (C=N–C) groups is 1. The molecule has 2 aromatic carbocycles. The summed E-state index contributed by atoms with van der Waals surface area (Å²) in [6.07, 6.45) is 5.54. The van der Waals surface area contributed by atoms with Gasteiger partial charge in [0.15, 0.2) is 5.96 Å². The molecule has 0 bridgehead atoms. The lowest BCUT2D eigenvalue weighted by Crippen LogP contribution is -2.36. The van der Waals surface area contributed by atoms with Gasteiger partial charge in [-0.3, -0.25) is 4.99 Å². The van der Waals surface area contributed by atoms with Gasteiger partial charge in [0.2, 0.25) is 0 Å². The Balaban J connectivity index is 1.52. The van der Waals surface area contributed by atoms with E-state index >= 15 is 0 Å². The van der Waals surface area contributed by atoms with Crippen molar-refractivity contribution in [2.24, 2.45) is 4.99 Å². The van der Waals surface area contributed by atoms with Crippen LogP contribution in [-0.2, 0) is 19.6 Å². The van der Waals surface area contributed by atoms with E-state index in [2.05, 4.69) is 44.9 Å². The van der Waals surface area contributed by atoms with Crippen LogP contribution < -0.4 is 10.6 Å². The van der Waals surface area contributed by atoms with Crippen LogP contribution in [0.25, 0.3) is 0 Å². The number of guanidine groups is 1. The highest BCUT2D eigenvalue weighted by atomic mass is 19.1. The van der Waals surface area contributed by atoms with E-state index < -0.39 is 0 Å². The third-order valence-corrected chi connectivity index (χ3v) is 3.97. The molecule has 0 aliphatic heterocycles. The molecule has 3 aromatic rings. The molecule has 6 heteroatoms. The molecule has 1 aromatic heterocycles. The molecule has 0 saturated carbocycles. The van der Waals surface area contributed by atoms with Crippen molar-refractivity contribution in [3.8, 4) is 0 Å². The minimum Gasteiger partial charge on any atom is -0.352 e. The van der Waals surface area contributed by atoms with Crippen LogP contribution >= 0.6 is 0 Å². The van der Waals surface area contributed by atoms with Gasteiger partial charge in [0.25, 0.3) is 0 Å². The summed E-state index contributed by atoms with van der Waals surface area (Å²) in [4.78, 5) is 8.29. The number of rotatable bonds is 6. The lowest BCUT2D eigenvalue weighted by molar-refractivity contribution is 0.626. The zero-order valence-electron chi connectivity index (χ0n) is 14.7. The van der Waals surface area contributed by atoms with Crippen LogP contribution in [0.3, 0.4) is 0 Å². The number of nitrogens with zero attached hydrogens (tertiary/aromatic N) is 3. The van der Waals surface area contributed by atoms with Gasteiger partial charge in [-0.2, -0.15) is 0 Å². The van der Waals surface area contributed by atoms with Crippen molar-refractivity contribution in [1.29, 1.82) is 0 Å². The minimum absolute atomic E-state index is 0.230. The molecule has 0 unspecified atom stereocenters.